The summed E-state index contributed by atoms with van der Waals surface area (Å²) in [4.78, 5) is 6.51. The van der Waals surface area contributed by atoms with Crippen LogP contribution in [0.4, 0.5) is 0 Å². The van der Waals surface area contributed by atoms with E-state index in [-0.39, 0.29) is 29.4 Å². The van der Waals surface area contributed by atoms with Crippen LogP contribution in [0.15, 0.2) is 17.1 Å². The van der Waals surface area contributed by atoms with Gasteiger partial charge in [-0.3, -0.25) is 4.99 Å². The number of nitrogens with one attached hydrogen (secondary N) is 2. The highest BCUT2D eigenvalue weighted by Crippen LogP contribution is 2.14. The van der Waals surface area contributed by atoms with Crippen molar-refractivity contribution in [3.8, 4) is 0 Å². The standard InChI is InChI=1S/C14H28N4.HI/c1-14(2,11-18(4)5)10-16-13(15-3)17-12-8-6-7-9-12;/h6-7,12H,8-11H2,1-5H3,(H2,15,16,17);1H. The minimum absolute atomic E-state index is 0. The van der Waals surface area contributed by atoms with Crippen LogP contribution < -0.4 is 10.6 Å². The van der Waals surface area contributed by atoms with Gasteiger partial charge in [-0.1, -0.05) is 26.0 Å². The fraction of sp³-hybridized carbons (Fsp3) is 0.786. The maximum absolute atomic E-state index is 4.29. The molecule has 0 heterocycles. The van der Waals surface area contributed by atoms with Gasteiger partial charge in [0.1, 0.15) is 0 Å². The van der Waals surface area contributed by atoms with Crippen LogP contribution in [0.3, 0.4) is 0 Å². The van der Waals surface area contributed by atoms with E-state index in [1.807, 2.05) is 7.05 Å². The van der Waals surface area contributed by atoms with E-state index in [0.29, 0.717) is 6.04 Å². The van der Waals surface area contributed by atoms with Gasteiger partial charge in [-0.15, -0.1) is 24.0 Å². The third kappa shape index (κ3) is 7.77. The molecule has 5 heteroatoms. The maximum atomic E-state index is 4.29. The second kappa shape index (κ2) is 8.79. The summed E-state index contributed by atoms with van der Waals surface area (Å²) in [5, 5.41) is 6.88. The Labute approximate surface area is 135 Å². The normalized spacial score (nSPS) is 16.6. The lowest BCUT2D eigenvalue weighted by Gasteiger charge is -2.29. The first kappa shape index (κ1) is 18.7. The second-order valence-corrected chi connectivity index (χ2v) is 6.11. The third-order valence-electron chi connectivity index (χ3n) is 3.05. The number of rotatable bonds is 5. The van der Waals surface area contributed by atoms with Crippen molar-refractivity contribution in [1.29, 1.82) is 0 Å². The summed E-state index contributed by atoms with van der Waals surface area (Å²) >= 11 is 0. The zero-order chi connectivity index (χ0) is 13.6. The first-order chi connectivity index (χ1) is 8.43. The molecule has 0 aromatic heterocycles. The molecule has 0 aromatic carbocycles. The van der Waals surface area contributed by atoms with E-state index >= 15 is 0 Å². The Morgan fingerprint density at radius 2 is 1.89 bits per heavy atom. The molecule has 1 aliphatic rings. The van der Waals surface area contributed by atoms with Crippen molar-refractivity contribution in [2.45, 2.75) is 32.7 Å². The molecule has 0 radical (unpaired) electrons. The van der Waals surface area contributed by atoms with Crippen LogP contribution in [0.25, 0.3) is 0 Å². The average Bonchev–Trinajstić information content (AvgIpc) is 2.75. The highest BCUT2D eigenvalue weighted by atomic mass is 127. The summed E-state index contributed by atoms with van der Waals surface area (Å²) in [6.45, 7) is 6.52. The maximum Gasteiger partial charge on any atom is 0.191 e. The van der Waals surface area contributed by atoms with Crippen molar-refractivity contribution >= 4 is 29.9 Å². The summed E-state index contributed by atoms with van der Waals surface area (Å²) in [7, 11) is 6.05. The zero-order valence-electron chi connectivity index (χ0n) is 12.9. The van der Waals surface area contributed by atoms with Crippen LogP contribution in [0.2, 0.25) is 0 Å². The molecule has 19 heavy (non-hydrogen) atoms. The summed E-state index contributed by atoms with van der Waals surface area (Å²) in [5.41, 5.74) is 0.231. The predicted molar refractivity (Wildman–Crippen MR) is 94.4 cm³/mol. The van der Waals surface area contributed by atoms with Crippen LogP contribution in [-0.4, -0.2) is 51.1 Å². The van der Waals surface area contributed by atoms with E-state index < -0.39 is 0 Å². The number of hydrogen-bond donors (Lipinski definition) is 2. The summed E-state index contributed by atoms with van der Waals surface area (Å²) in [5.74, 6) is 0.913. The van der Waals surface area contributed by atoms with Crippen molar-refractivity contribution in [2.75, 3.05) is 34.2 Å². The Balaban J connectivity index is 0.00000324. The van der Waals surface area contributed by atoms with E-state index in [2.05, 4.69) is 60.6 Å². The number of halogens is 1. The zero-order valence-corrected chi connectivity index (χ0v) is 15.2. The molecule has 0 atom stereocenters. The summed E-state index contributed by atoms with van der Waals surface area (Å²) in [6.07, 6.45) is 6.64. The van der Waals surface area contributed by atoms with Gasteiger partial charge < -0.3 is 15.5 Å². The molecule has 0 saturated carbocycles. The van der Waals surface area contributed by atoms with E-state index in [0.717, 1.165) is 31.9 Å². The first-order valence-electron chi connectivity index (χ1n) is 6.70. The Hall–Kier alpha value is -0.300. The first-order valence-corrected chi connectivity index (χ1v) is 6.70. The van der Waals surface area contributed by atoms with Crippen LogP contribution >= 0.6 is 24.0 Å². The second-order valence-electron chi connectivity index (χ2n) is 6.11. The van der Waals surface area contributed by atoms with E-state index in [4.69, 9.17) is 0 Å². The van der Waals surface area contributed by atoms with Gasteiger partial charge in [-0.2, -0.15) is 0 Å². The monoisotopic (exact) mass is 380 g/mol. The molecule has 0 amide bonds. The van der Waals surface area contributed by atoms with E-state index in [9.17, 15) is 0 Å². The fourth-order valence-electron chi connectivity index (χ4n) is 2.36. The molecule has 0 spiro atoms. The number of hydrogen-bond acceptors (Lipinski definition) is 2. The van der Waals surface area contributed by atoms with Gasteiger partial charge in [0.2, 0.25) is 0 Å². The van der Waals surface area contributed by atoms with Gasteiger partial charge in [0.25, 0.3) is 0 Å². The van der Waals surface area contributed by atoms with Crippen LogP contribution in [0, 0.1) is 5.41 Å². The van der Waals surface area contributed by atoms with Crippen molar-refractivity contribution in [1.82, 2.24) is 15.5 Å². The van der Waals surface area contributed by atoms with Gasteiger partial charge in [0.05, 0.1) is 0 Å². The minimum atomic E-state index is 0. The molecular formula is C14H29IN4. The molecule has 1 rings (SSSR count). The molecule has 112 valence electrons. The molecule has 2 N–H and O–H groups in total. The van der Waals surface area contributed by atoms with Gasteiger partial charge in [-0.25, -0.2) is 0 Å². The largest absolute Gasteiger partial charge is 0.356 e. The Kier molecular flexibility index (Phi) is 8.65. The fourth-order valence-corrected chi connectivity index (χ4v) is 2.36. The van der Waals surface area contributed by atoms with E-state index in [1.165, 1.54) is 0 Å². The highest BCUT2D eigenvalue weighted by Gasteiger charge is 2.20. The third-order valence-corrected chi connectivity index (χ3v) is 3.05. The molecular weight excluding hydrogens is 351 g/mol. The highest BCUT2D eigenvalue weighted by molar-refractivity contribution is 14.0. The van der Waals surface area contributed by atoms with Crippen LogP contribution in [0.5, 0.6) is 0 Å². The van der Waals surface area contributed by atoms with Gasteiger partial charge >= 0.3 is 0 Å². The molecule has 4 nitrogen and oxygen atoms in total. The lowest BCUT2D eigenvalue weighted by atomic mass is 9.93. The Bertz CT molecular complexity index is 303. The molecule has 0 unspecified atom stereocenters. The number of nitrogens with zero attached hydrogens (tertiary/aromatic N) is 2. The number of aliphatic imine (C=N–C) groups is 1. The molecule has 1 aliphatic carbocycles. The van der Waals surface area contributed by atoms with Crippen LogP contribution in [-0.2, 0) is 0 Å². The summed E-state index contributed by atoms with van der Waals surface area (Å²) < 4.78 is 0. The van der Waals surface area contributed by atoms with Crippen LogP contribution in [0.1, 0.15) is 26.7 Å². The smallest absolute Gasteiger partial charge is 0.191 e. The van der Waals surface area contributed by atoms with E-state index in [1.54, 1.807) is 0 Å². The van der Waals surface area contributed by atoms with Gasteiger partial charge in [0.15, 0.2) is 5.96 Å². The molecule has 0 fully saturated rings. The quantitative estimate of drug-likeness (QED) is 0.332. The van der Waals surface area contributed by atoms with Crippen molar-refractivity contribution in [2.24, 2.45) is 10.4 Å². The summed E-state index contributed by atoms with van der Waals surface area (Å²) in [6, 6.07) is 0.508. The topological polar surface area (TPSA) is 39.7 Å². The molecule has 0 bridgehead atoms. The minimum Gasteiger partial charge on any atom is -0.356 e. The molecule has 0 aromatic rings. The van der Waals surface area contributed by atoms with Gasteiger partial charge in [-0.05, 0) is 32.4 Å². The lowest BCUT2D eigenvalue weighted by Crippen LogP contribution is -2.47. The van der Waals surface area contributed by atoms with Crippen molar-refractivity contribution in [3.63, 3.8) is 0 Å². The van der Waals surface area contributed by atoms with Gasteiger partial charge in [0, 0.05) is 26.2 Å². The Morgan fingerprint density at radius 1 is 1.32 bits per heavy atom. The Morgan fingerprint density at radius 3 is 2.37 bits per heavy atom. The lowest BCUT2D eigenvalue weighted by molar-refractivity contribution is 0.241. The van der Waals surface area contributed by atoms with Crippen molar-refractivity contribution < 1.29 is 0 Å². The SMILES string of the molecule is CN=C(NCC(C)(C)CN(C)C)NC1CC=CC1.I. The average molecular weight is 380 g/mol. The molecule has 0 saturated heterocycles. The van der Waals surface area contributed by atoms with Crippen molar-refractivity contribution in [3.05, 3.63) is 12.2 Å². The predicted octanol–water partition coefficient (Wildman–Crippen LogP) is 2.08. The molecule has 0 aliphatic heterocycles. The number of guanidine groups is 1.